The first-order valence-electron chi connectivity index (χ1n) is 12.0. The molecule has 37 heavy (non-hydrogen) atoms. The Hall–Kier alpha value is -3.85. The molecule has 4 rings (SSSR count). The molecule has 0 amide bonds. The minimum atomic E-state index is -0.748. The van der Waals surface area contributed by atoms with Gasteiger partial charge >= 0.3 is 5.97 Å². The molecule has 0 bridgehead atoms. The summed E-state index contributed by atoms with van der Waals surface area (Å²) in [4.78, 5) is 32.5. The molecule has 194 valence electrons. The number of esters is 1. The zero-order valence-electron chi connectivity index (χ0n) is 21.6. The van der Waals surface area contributed by atoms with Crippen LogP contribution in [0.2, 0.25) is 0 Å². The number of thiazole rings is 1. The molecule has 0 saturated carbocycles. The second kappa shape index (κ2) is 11.5. The van der Waals surface area contributed by atoms with Crippen molar-refractivity contribution in [2.45, 2.75) is 32.7 Å². The molecule has 0 N–H and O–H groups in total. The van der Waals surface area contributed by atoms with E-state index in [-0.39, 0.29) is 12.2 Å². The highest BCUT2D eigenvalue weighted by molar-refractivity contribution is 7.07. The van der Waals surface area contributed by atoms with Gasteiger partial charge in [0.05, 0.1) is 43.7 Å². The average Bonchev–Trinajstić information content (AvgIpc) is 3.22. The fraction of sp³-hybridized carbons (Fsp3) is 0.321. The van der Waals surface area contributed by atoms with Crippen molar-refractivity contribution in [2.75, 3.05) is 27.9 Å². The molecule has 2 heterocycles. The third-order valence-electron chi connectivity index (χ3n) is 6.05. The number of allylic oxidation sites excluding steroid dienone is 1. The van der Waals surface area contributed by atoms with Gasteiger partial charge in [-0.3, -0.25) is 9.36 Å². The first-order valence-corrected chi connectivity index (χ1v) is 12.9. The van der Waals surface area contributed by atoms with Gasteiger partial charge in [0.25, 0.3) is 5.56 Å². The number of benzene rings is 2. The third-order valence-corrected chi connectivity index (χ3v) is 7.03. The first kappa shape index (κ1) is 26.2. The van der Waals surface area contributed by atoms with Crippen molar-refractivity contribution in [3.63, 3.8) is 0 Å². The third kappa shape index (κ3) is 4.91. The predicted molar refractivity (Wildman–Crippen MR) is 142 cm³/mol. The fourth-order valence-electron chi connectivity index (χ4n) is 4.47. The van der Waals surface area contributed by atoms with Gasteiger partial charge in [-0.2, -0.15) is 0 Å². The summed E-state index contributed by atoms with van der Waals surface area (Å²) in [6.07, 6.45) is 3.10. The second-order valence-electron chi connectivity index (χ2n) is 8.24. The predicted octanol–water partition coefficient (Wildman–Crippen LogP) is 3.60. The van der Waals surface area contributed by atoms with Crippen molar-refractivity contribution in [1.29, 1.82) is 0 Å². The van der Waals surface area contributed by atoms with E-state index in [4.69, 9.17) is 23.9 Å². The quantitative estimate of drug-likeness (QED) is 0.399. The summed E-state index contributed by atoms with van der Waals surface area (Å²) in [5.74, 6) is 1.16. The summed E-state index contributed by atoms with van der Waals surface area (Å²) in [6.45, 7) is 3.99. The minimum absolute atomic E-state index is 0.209. The van der Waals surface area contributed by atoms with E-state index in [1.165, 1.54) is 11.3 Å². The number of para-hydroxylation sites is 2. The molecule has 0 aliphatic carbocycles. The highest BCUT2D eigenvalue weighted by Crippen LogP contribution is 2.37. The van der Waals surface area contributed by atoms with E-state index in [0.717, 1.165) is 6.42 Å². The minimum Gasteiger partial charge on any atom is -0.496 e. The lowest BCUT2D eigenvalue weighted by Crippen LogP contribution is -2.40. The van der Waals surface area contributed by atoms with E-state index >= 15 is 0 Å². The van der Waals surface area contributed by atoms with Crippen LogP contribution in [0.1, 0.15) is 43.9 Å². The Morgan fingerprint density at radius 3 is 2.43 bits per heavy atom. The lowest BCUT2D eigenvalue weighted by molar-refractivity contribution is -0.139. The smallest absolute Gasteiger partial charge is 0.338 e. The number of carbonyl (C=O) groups excluding carboxylic acids is 1. The van der Waals surface area contributed by atoms with Gasteiger partial charge in [-0.25, -0.2) is 9.79 Å². The van der Waals surface area contributed by atoms with Crippen LogP contribution >= 0.6 is 11.3 Å². The molecular formula is C28H30N2O6S. The van der Waals surface area contributed by atoms with Crippen LogP contribution in [0.15, 0.2) is 63.5 Å². The van der Waals surface area contributed by atoms with Crippen molar-refractivity contribution >= 4 is 23.4 Å². The number of methoxy groups -OCH3 is 3. The summed E-state index contributed by atoms with van der Waals surface area (Å²) < 4.78 is 24.1. The highest BCUT2D eigenvalue weighted by atomic mass is 32.1. The van der Waals surface area contributed by atoms with Crippen LogP contribution in [0.3, 0.4) is 0 Å². The van der Waals surface area contributed by atoms with E-state index in [9.17, 15) is 9.59 Å². The number of carbonyl (C=O) groups is 1. The number of aromatic nitrogens is 1. The summed E-state index contributed by atoms with van der Waals surface area (Å²) in [5, 5.41) is 0. The molecule has 1 aliphatic heterocycles. The maximum atomic E-state index is 13.9. The Kier molecular flexibility index (Phi) is 8.13. The van der Waals surface area contributed by atoms with Crippen molar-refractivity contribution in [1.82, 2.24) is 4.57 Å². The molecule has 1 aromatic heterocycles. The Labute approximate surface area is 219 Å². The van der Waals surface area contributed by atoms with Crippen LogP contribution in [0.25, 0.3) is 6.08 Å². The number of hydrogen-bond acceptors (Lipinski definition) is 8. The molecule has 0 fully saturated rings. The van der Waals surface area contributed by atoms with Crippen LogP contribution < -0.4 is 29.1 Å². The fourth-order valence-corrected chi connectivity index (χ4v) is 5.49. The highest BCUT2D eigenvalue weighted by Gasteiger charge is 2.35. The molecule has 0 saturated heterocycles. The SMILES string of the molecule is CCCC1=C(C(=O)OCC)C(c2ccccc2OC)n2c(sc(=Cc3cccc(OC)c3OC)c2=O)=N1. The van der Waals surface area contributed by atoms with Crippen LogP contribution in [0.5, 0.6) is 17.2 Å². The van der Waals surface area contributed by atoms with Crippen molar-refractivity contribution in [2.24, 2.45) is 4.99 Å². The first-order chi connectivity index (χ1) is 18.0. The Morgan fingerprint density at radius 2 is 1.76 bits per heavy atom. The average molecular weight is 523 g/mol. The van der Waals surface area contributed by atoms with Crippen LogP contribution in [0.4, 0.5) is 0 Å². The van der Waals surface area contributed by atoms with Crippen LogP contribution in [-0.2, 0) is 9.53 Å². The van der Waals surface area contributed by atoms with Gasteiger partial charge in [0, 0.05) is 11.1 Å². The van der Waals surface area contributed by atoms with Gasteiger partial charge in [-0.05, 0) is 31.6 Å². The van der Waals surface area contributed by atoms with Crippen LogP contribution in [-0.4, -0.2) is 38.5 Å². The number of rotatable bonds is 9. The van der Waals surface area contributed by atoms with Gasteiger partial charge < -0.3 is 18.9 Å². The van der Waals surface area contributed by atoms with Gasteiger partial charge in [0.15, 0.2) is 16.3 Å². The molecule has 3 aromatic rings. The zero-order valence-corrected chi connectivity index (χ0v) is 22.4. The van der Waals surface area contributed by atoms with E-state index < -0.39 is 12.0 Å². The monoisotopic (exact) mass is 522 g/mol. The zero-order chi connectivity index (χ0) is 26.5. The lowest BCUT2D eigenvalue weighted by Gasteiger charge is -2.26. The summed E-state index contributed by atoms with van der Waals surface area (Å²) in [6, 6.07) is 12.1. The molecule has 8 nitrogen and oxygen atoms in total. The van der Waals surface area contributed by atoms with E-state index in [0.29, 0.717) is 55.4 Å². The lowest BCUT2D eigenvalue weighted by atomic mass is 9.93. The standard InChI is InChI=1S/C28H30N2O6S/c1-6-11-19-23(27(32)36-7-2)24(18-13-8-9-14-20(18)33-3)30-26(31)22(37-28(30)29-19)16-17-12-10-15-21(34-4)25(17)35-5/h8-10,12-16,24H,6-7,11H2,1-5H3. The maximum Gasteiger partial charge on any atom is 0.338 e. The number of ether oxygens (including phenoxy) is 4. The summed E-state index contributed by atoms with van der Waals surface area (Å²) >= 11 is 1.26. The van der Waals surface area contributed by atoms with E-state index in [2.05, 4.69) is 0 Å². The molecule has 2 aromatic carbocycles. The molecule has 9 heteroatoms. The Balaban J connectivity index is 2.04. The van der Waals surface area contributed by atoms with Gasteiger partial charge in [0.1, 0.15) is 11.8 Å². The molecule has 1 aliphatic rings. The number of nitrogens with zero attached hydrogens (tertiary/aromatic N) is 2. The van der Waals surface area contributed by atoms with E-state index in [1.54, 1.807) is 45.0 Å². The number of fused-ring (bicyclic) bond motifs is 1. The topological polar surface area (TPSA) is 88.4 Å². The molecule has 0 radical (unpaired) electrons. The molecule has 1 unspecified atom stereocenters. The molecule has 0 spiro atoms. The van der Waals surface area contributed by atoms with Gasteiger partial charge in [0.2, 0.25) is 0 Å². The van der Waals surface area contributed by atoms with Crippen molar-refractivity contribution in [3.8, 4) is 17.2 Å². The van der Waals surface area contributed by atoms with E-state index in [1.807, 2.05) is 43.3 Å². The van der Waals surface area contributed by atoms with Crippen molar-refractivity contribution in [3.05, 3.63) is 84.5 Å². The summed E-state index contributed by atoms with van der Waals surface area (Å²) in [7, 11) is 4.69. The Bertz CT molecular complexity index is 1520. The van der Waals surface area contributed by atoms with Crippen molar-refractivity contribution < 1.29 is 23.7 Å². The van der Waals surface area contributed by atoms with Crippen LogP contribution in [0, 0.1) is 0 Å². The Morgan fingerprint density at radius 1 is 1.03 bits per heavy atom. The normalized spacial score (nSPS) is 15.2. The maximum absolute atomic E-state index is 13.9. The van der Waals surface area contributed by atoms with Gasteiger partial charge in [-0.15, -0.1) is 0 Å². The molecular weight excluding hydrogens is 492 g/mol. The second-order valence-corrected chi connectivity index (χ2v) is 9.25. The summed E-state index contributed by atoms with van der Waals surface area (Å²) in [5.41, 5.74) is 2.07. The number of hydrogen-bond donors (Lipinski definition) is 0. The largest absolute Gasteiger partial charge is 0.496 e. The van der Waals surface area contributed by atoms with Gasteiger partial charge in [-0.1, -0.05) is 55.0 Å². The molecule has 1 atom stereocenters.